The highest BCUT2D eigenvalue weighted by atomic mass is 35.5. The van der Waals surface area contributed by atoms with E-state index >= 15 is 0 Å². The smallest absolute Gasteiger partial charge is 0.225 e. The van der Waals surface area contributed by atoms with Crippen LogP contribution in [-0.2, 0) is 4.79 Å². The average Bonchev–Trinajstić information content (AvgIpc) is 2.46. The molecule has 1 aliphatic rings. The second-order valence-electron chi connectivity index (χ2n) is 4.31. The molecule has 0 bridgehead atoms. The molecule has 0 unspecified atom stereocenters. The summed E-state index contributed by atoms with van der Waals surface area (Å²) in [6, 6.07) is 1.80. The summed E-state index contributed by atoms with van der Waals surface area (Å²) >= 11 is 0. The van der Waals surface area contributed by atoms with E-state index in [1.54, 1.807) is 18.5 Å². The maximum Gasteiger partial charge on any atom is 0.225 e. The van der Waals surface area contributed by atoms with Crippen molar-refractivity contribution >= 4 is 36.7 Å². The van der Waals surface area contributed by atoms with E-state index in [9.17, 15) is 4.79 Å². The number of nitrogens with two attached hydrogens (primary N) is 1. The second kappa shape index (κ2) is 9.74. The van der Waals surface area contributed by atoms with Crippen LogP contribution in [0.25, 0.3) is 0 Å². The number of nitrogens with zero attached hydrogens (tertiary/aromatic N) is 4. The second-order valence-corrected chi connectivity index (χ2v) is 4.31. The van der Waals surface area contributed by atoms with Gasteiger partial charge in [0.2, 0.25) is 11.9 Å². The van der Waals surface area contributed by atoms with Crippen molar-refractivity contribution in [3.63, 3.8) is 0 Å². The Hall–Kier alpha value is -1.11. The molecule has 6 nitrogen and oxygen atoms in total. The summed E-state index contributed by atoms with van der Waals surface area (Å²) in [6.07, 6.45) is 4.79. The highest BCUT2D eigenvalue weighted by Gasteiger charge is 2.21. The van der Waals surface area contributed by atoms with Crippen LogP contribution in [-0.4, -0.2) is 53.5 Å². The van der Waals surface area contributed by atoms with E-state index in [1.807, 2.05) is 4.90 Å². The van der Waals surface area contributed by atoms with E-state index in [0.29, 0.717) is 13.0 Å². The Balaban J connectivity index is 0.00000180. The Morgan fingerprint density at radius 3 is 2.30 bits per heavy atom. The lowest BCUT2D eigenvalue weighted by Crippen LogP contribution is -2.49. The number of hydrogen-bond acceptors (Lipinski definition) is 5. The molecule has 2 rings (SSSR count). The summed E-state index contributed by atoms with van der Waals surface area (Å²) in [5.74, 6) is 0.945. The zero-order valence-electron chi connectivity index (χ0n) is 11.3. The number of carbonyl (C=O) groups is 1. The number of carbonyl (C=O) groups excluding carboxylic acids is 1. The first-order valence-corrected chi connectivity index (χ1v) is 6.31. The molecule has 1 amide bonds. The maximum absolute atomic E-state index is 11.8. The van der Waals surface area contributed by atoms with Gasteiger partial charge in [0.1, 0.15) is 0 Å². The van der Waals surface area contributed by atoms with Crippen molar-refractivity contribution in [3.8, 4) is 0 Å². The van der Waals surface area contributed by atoms with E-state index in [-0.39, 0.29) is 30.7 Å². The predicted octanol–water partition coefficient (Wildman–Crippen LogP) is 0.708. The molecule has 1 aliphatic heterocycles. The summed E-state index contributed by atoms with van der Waals surface area (Å²) in [4.78, 5) is 24.3. The van der Waals surface area contributed by atoms with Gasteiger partial charge in [-0.3, -0.25) is 4.79 Å². The summed E-state index contributed by atoms with van der Waals surface area (Å²) in [5, 5.41) is 0. The molecule has 1 fully saturated rings. The molecule has 114 valence electrons. The molecule has 0 atom stereocenters. The first kappa shape index (κ1) is 18.9. The third-order valence-electron chi connectivity index (χ3n) is 3.06. The van der Waals surface area contributed by atoms with Gasteiger partial charge in [0, 0.05) is 45.0 Å². The van der Waals surface area contributed by atoms with Crippen molar-refractivity contribution in [2.24, 2.45) is 5.73 Å². The summed E-state index contributed by atoms with van der Waals surface area (Å²) in [5.41, 5.74) is 5.41. The third-order valence-corrected chi connectivity index (χ3v) is 3.06. The molecule has 0 aromatic carbocycles. The van der Waals surface area contributed by atoms with Gasteiger partial charge >= 0.3 is 0 Å². The van der Waals surface area contributed by atoms with Gasteiger partial charge in [-0.2, -0.15) is 0 Å². The SMILES string of the molecule is Cl.Cl.NCCCC(=O)N1CCN(c2ncccn2)CC1. The number of anilines is 1. The Morgan fingerprint density at radius 1 is 1.15 bits per heavy atom. The minimum atomic E-state index is 0. The fourth-order valence-corrected chi connectivity index (χ4v) is 2.02. The predicted molar refractivity (Wildman–Crippen MR) is 83.6 cm³/mol. The highest BCUT2D eigenvalue weighted by molar-refractivity contribution is 5.85. The van der Waals surface area contributed by atoms with Gasteiger partial charge in [-0.25, -0.2) is 9.97 Å². The summed E-state index contributed by atoms with van der Waals surface area (Å²) < 4.78 is 0. The molecule has 1 saturated heterocycles. The van der Waals surface area contributed by atoms with Crippen LogP contribution in [0.15, 0.2) is 18.5 Å². The molecule has 0 aliphatic carbocycles. The molecular formula is C12H21Cl2N5O. The first-order valence-electron chi connectivity index (χ1n) is 6.31. The Labute approximate surface area is 131 Å². The van der Waals surface area contributed by atoms with Gasteiger partial charge in [0.15, 0.2) is 0 Å². The number of piperazine rings is 1. The maximum atomic E-state index is 11.8. The molecule has 2 heterocycles. The number of hydrogen-bond donors (Lipinski definition) is 1. The average molecular weight is 322 g/mol. The van der Waals surface area contributed by atoms with Crippen LogP contribution in [0.4, 0.5) is 5.95 Å². The molecule has 0 saturated carbocycles. The molecule has 2 N–H and O–H groups in total. The van der Waals surface area contributed by atoms with Gasteiger partial charge in [0.05, 0.1) is 0 Å². The Kier molecular flexibility index (Phi) is 9.20. The summed E-state index contributed by atoms with van der Waals surface area (Å²) in [6.45, 7) is 3.63. The third kappa shape index (κ3) is 5.11. The number of rotatable bonds is 4. The highest BCUT2D eigenvalue weighted by Crippen LogP contribution is 2.10. The van der Waals surface area contributed by atoms with Gasteiger partial charge in [-0.1, -0.05) is 0 Å². The zero-order valence-corrected chi connectivity index (χ0v) is 12.9. The van der Waals surface area contributed by atoms with E-state index in [1.165, 1.54) is 0 Å². The molecule has 0 spiro atoms. The van der Waals surface area contributed by atoms with Crippen molar-refractivity contribution in [3.05, 3.63) is 18.5 Å². The van der Waals surface area contributed by atoms with Crippen molar-refractivity contribution in [2.45, 2.75) is 12.8 Å². The Bertz CT molecular complexity index is 385. The van der Waals surface area contributed by atoms with Crippen LogP contribution in [0.3, 0.4) is 0 Å². The van der Waals surface area contributed by atoms with Crippen LogP contribution >= 0.6 is 24.8 Å². The van der Waals surface area contributed by atoms with Crippen molar-refractivity contribution in [1.29, 1.82) is 0 Å². The van der Waals surface area contributed by atoms with Gasteiger partial charge < -0.3 is 15.5 Å². The minimum Gasteiger partial charge on any atom is -0.339 e. The largest absolute Gasteiger partial charge is 0.339 e. The lowest BCUT2D eigenvalue weighted by molar-refractivity contribution is -0.131. The minimum absolute atomic E-state index is 0. The molecule has 8 heteroatoms. The van der Waals surface area contributed by atoms with Crippen molar-refractivity contribution < 1.29 is 4.79 Å². The number of halogens is 2. The fourth-order valence-electron chi connectivity index (χ4n) is 2.02. The Morgan fingerprint density at radius 2 is 1.75 bits per heavy atom. The first-order chi connectivity index (χ1) is 8.81. The molecule has 1 aromatic rings. The van der Waals surface area contributed by atoms with E-state index in [2.05, 4.69) is 14.9 Å². The zero-order chi connectivity index (χ0) is 12.8. The number of aromatic nitrogens is 2. The fraction of sp³-hybridized carbons (Fsp3) is 0.583. The summed E-state index contributed by atoms with van der Waals surface area (Å²) in [7, 11) is 0. The van der Waals surface area contributed by atoms with E-state index in [4.69, 9.17) is 5.73 Å². The normalized spacial score (nSPS) is 14.2. The van der Waals surface area contributed by atoms with Crippen LogP contribution in [0.1, 0.15) is 12.8 Å². The van der Waals surface area contributed by atoms with Crippen LogP contribution in [0, 0.1) is 0 Å². The molecular weight excluding hydrogens is 301 g/mol. The molecule has 1 aromatic heterocycles. The van der Waals surface area contributed by atoms with Crippen LogP contribution < -0.4 is 10.6 Å². The monoisotopic (exact) mass is 321 g/mol. The molecule has 0 radical (unpaired) electrons. The van der Waals surface area contributed by atoms with Crippen molar-refractivity contribution in [2.75, 3.05) is 37.6 Å². The topological polar surface area (TPSA) is 75.4 Å². The van der Waals surface area contributed by atoms with Gasteiger partial charge in [0.25, 0.3) is 0 Å². The molecule has 20 heavy (non-hydrogen) atoms. The van der Waals surface area contributed by atoms with Crippen molar-refractivity contribution in [1.82, 2.24) is 14.9 Å². The van der Waals surface area contributed by atoms with Crippen LogP contribution in [0.5, 0.6) is 0 Å². The van der Waals surface area contributed by atoms with Gasteiger partial charge in [-0.05, 0) is 19.0 Å². The van der Waals surface area contributed by atoms with Crippen LogP contribution in [0.2, 0.25) is 0 Å². The van der Waals surface area contributed by atoms with Gasteiger partial charge in [-0.15, -0.1) is 24.8 Å². The van der Waals surface area contributed by atoms with E-state index in [0.717, 1.165) is 38.5 Å². The quantitative estimate of drug-likeness (QED) is 0.883. The standard InChI is InChI=1S/C12H19N5O.2ClH/c13-4-1-3-11(18)16-7-9-17(10-8-16)12-14-5-2-6-15-12;;/h2,5-6H,1,3-4,7-10,13H2;2*1H. The lowest BCUT2D eigenvalue weighted by atomic mass is 10.2. The lowest BCUT2D eigenvalue weighted by Gasteiger charge is -2.34. The van der Waals surface area contributed by atoms with E-state index < -0.39 is 0 Å². The number of amides is 1.